The van der Waals surface area contributed by atoms with Gasteiger partial charge in [0.15, 0.2) is 0 Å². The van der Waals surface area contributed by atoms with Crippen LogP contribution in [-0.4, -0.2) is 18.4 Å². The number of nitrogens with one attached hydrogen (secondary N) is 1. The van der Waals surface area contributed by atoms with Crippen LogP contribution in [0.3, 0.4) is 0 Å². The van der Waals surface area contributed by atoms with E-state index in [-0.39, 0.29) is 18.2 Å². The van der Waals surface area contributed by atoms with E-state index in [9.17, 15) is 14.0 Å². The molecule has 0 spiro atoms. The number of rotatable bonds is 5. The number of carbonyl (C=O) groups excluding carboxylic acids is 2. The molecule has 0 saturated heterocycles. The predicted octanol–water partition coefficient (Wildman–Crippen LogP) is 3.61. The van der Waals surface area contributed by atoms with Gasteiger partial charge in [0, 0.05) is 16.1 Å². The lowest BCUT2D eigenvalue weighted by atomic mass is 10.2. The van der Waals surface area contributed by atoms with E-state index in [4.69, 9.17) is 27.9 Å². The Bertz CT molecular complexity index is 720. The molecule has 0 radical (unpaired) electrons. The summed E-state index contributed by atoms with van der Waals surface area (Å²) in [5.41, 5.74) is 0.856. The fourth-order valence-electron chi connectivity index (χ4n) is 1.70. The monoisotopic (exact) mass is 355 g/mol. The molecule has 0 bridgehead atoms. The van der Waals surface area contributed by atoms with Gasteiger partial charge in [-0.25, -0.2) is 4.39 Å². The van der Waals surface area contributed by atoms with Gasteiger partial charge in [-0.15, -0.1) is 0 Å². The van der Waals surface area contributed by atoms with Crippen LogP contribution >= 0.6 is 23.2 Å². The van der Waals surface area contributed by atoms with Crippen LogP contribution in [0.2, 0.25) is 10.0 Å². The van der Waals surface area contributed by atoms with E-state index in [1.807, 2.05) is 0 Å². The average molecular weight is 356 g/mol. The second kappa shape index (κ2) is 7.94. The molecule has 0 aliphatic carbocycles. The molecule has 2 aromatic rings. The third kappa shape index (κ3) is 5.23. The molecule has 0 aliphatic heterocycles. The molecule has 7 heteroatoms. The van der Waals surface area contributed by atoms with Crippen molar-refractivity contribution in [3.05, 3.63) is 69.5 Å². The zero-order valence-corrected chi connectivity index (χ0v) is 13.3. The highest BCUT2D eigenvalue weighted by Gasteiger charge is 2.10. The van der Waals surface area contributed by atoms with Gasteiger partial charge in [-0.05, 0) is 36.4 Å². The van der Waals surface area contributed by atoms with Crippen LogP contribution in [0.5, 0.6) is 0 Å². The van der Waals surface area contributed by atoms with Crippen LogP contribution in [0, 0.1) is 5.82 Å². The summed E-state index contributed by atoms with van der Waals surface area (Å²) in [5, 5.41) is 3.11. The Morgan fingerprint density at radius 1 is 1.09 bits per heavy atom. The van der Waals surface area contributed by atoms with Gasteiger partial charge < -0.3 is 10.1 Å². The van der Waals surface area contributed by atoms with Gasteiger partial charge in [0.25, 0.3) is 5.91 Å². The zero-order valence-electron chi connectivity index (χ0n) is 11.8. The molecule has 120 valence electrons. The molecule has 0 heterocycles. The SMILES string of the molecule is O=C(CNC(=O)c1ccc(Cl)cc1)OCc1ccc(F)cc1Cl. The van der Waals surface area contributed by atoms with Crippen LogP contribution in [0.1, 0.15) is 15.9 Å². The third-order valence-electron chi connectivity index (χ3n) is 2.90. The normalized spacial score (nSPS) is 10.2. The maximum absolute atomic E-state index is 12.9. The molecule has 2 aromatic carbocycles. The van der Waals surface area contributed by atoms with E-state index >= 15 is 0 Å². The molecule has 0 atom stereocenters. The Kier molecular flexibility index (Phi) is 5.96. The van der Waals surface area contributed by atoms with Crippen molar-refractivity contribution in [2.24, 2.45) is 0 Å². The molecule has 1 amide bonds. The Morgan fingerprint density at radius 3 is 2.43 bits per heavy atom. The van der Waals surface area contributed by atoms with Gasteiger partial charge in [-0.1, -0.05) is 29.3 Å². The molecule has 0 fully saturated rings. The third-order valence-corrected chi connectivity index (χ3v) is 3.51. The topological polar surface area (TPSA) is 55.4 Å². The minimum absolute atomic E-state index is 0.102. The number of benzene rings is 2. The standard InChI is InChI=1S/C16H12Cl2FNO3/c17-12-4-1-10(2-5-12)16(22)20-8-15(21)23-9-11-3-6-13(19)7-14(11)18/h1-7H,8-9H2,(H,20,22). The van der Waals surface area contributed by atoms with Crippen molar-refractivity contribution in [1.29, 1.82) is 0 Å². The lowest BCUT2D eigenvalue weighted by molar-refractivity contribution is -0.143. The first-order valence-electron chi connectivity index (χ1n) is 6.59. The van der Waals surface area contributed by atoms with Crippen molar-refractivity contribution in [1.82, 2.24) is 5.32 Å². The molecular weight excluding hydrogens is 344 g/mol. The number of hydrogen-bond acceptors (Lipinski definition) is 3. The first-order valence-corrected chi connectivity index (χ1v) is 7.34. The molecule has 2 rings (SSSR count). The summed E-state index contributed by atoms with van der Waals surface area (Å²) in [6.45, 7) is -0.394. The lowest BCUT2D eigenvalue weighted by Crippen LogP contribution is -2.30. The first-order chi connectivity index (χ1) is 11.0. The predicted molar refractivity (Wildman–Crippen MR) is 85.0 cm³/mol. The molecule has 0 aromatic heterocycles. The van der Waals surface area contributed by atoms with Crippen molar-refractivity contribution >= 4 is 35.1 Å². The van der Waals surface area contributed by atoms with Gasteiger partial charge in [0.1, 0.15) is 19.0 Å². The smallest absolute Gasteiger partial charge is 0.325 e. The van der Waals surface area contributed by atoms with E-state index in [1.54, 1.807) is 24.3 Å². The summed E-state index contributed by atoms with van der Waals surface area (Å²) >= 11 is 11.5. The molecule has 1 N–H and O–H groups in total. The maximum Gasteiger partial charge on any atom is 0.325 e. The first kappa shape index (κ1) is 17.2. The van der Waals surface area contributed by atoms with Crippen LogP contribution in [-0.2, 0) is 16.1 Å². The van der Waals surface area contributed by atoms with Gasteiger partial charge in [-0.3, -0.25) is 9.59 Å². The summed E-state index contributed by atoms with van der Waals surface area (Å²) in [5.74, 6) is -1.52. The van der Waals surface area contributed by atoms with E-state index in [1.165, 1.54) is 12.1 Å². The van der Waals surface area contributed by atoms with Crippen molar-refractivity contribution in [2.45, 2.75) is 6.61 Å². The van der Waals surface area contributed by atoms with Crippen LogP contribution < -0.4 is 5.32 Å². The van der Waals surface area contributed by atoms with E-state index < -0.39 is 17.7 Å². The van der Waals surface area contributed by atoms with Crippen molar-refractivity contribution in [2.75, 3.05) is 6.54 Å². The second-order valence-electron chi connectivity index (χ2n) is 4.59. The second-order valence-corrected chi connectivity index (χ2v) is 5.43. The van der Waals surface area contributed by atoms with E-state index in [2.05, 4.69) is 5.32 Å². The molecule has 0 unspecified atom stereocenters. The zero-order chi connectivity index (χ0) is 16.8. The Balaban J connectivity index is 1.81. The van der Waals surface area contributed by atoms with Gasteiger partial charge in [0.05, 0.1) is 5.02 Å². The number of halogens is 3. The van der Waals surface area contributed by atoms with Crippen LogP contribution in [0.25, 0.3) is 0 Å². The average Bonchev–Trinajstić information content (AvgIpc) is 2.52. The highest BCUT2D eigenvalue weighted by atomic mass is 35.5. The Labute approximate surface area is 142 Å². The van der Waals surface area contributed by atoms with Crippen LogP contribution in [0.4, 0.5) is 4.39 Å². The largest absolute Gasteiger partial charge is 0.459 e. The minimum Gasteiger partial charge on any atom is -0.459 e. The van der Waals surface area contributed by atoms with Gasteiger partial charge in [0.2, 0.25) is 0 Å². The highest BCUT2D eigenvalue weighted by Crippen LogP contribution is 2.18. The van der Waals surface area contributed by atoms with Crippen molar-refractivity contribution in [3.63, 3.8) is 0 Å². The summed E-state index contributed by atoms with van der Waals surface area (Å²) in [6, 6.07) is 10.0. The molecular formula is C16H12Cl2FNO3. The van der Waals surface area contributed by atoms with Gasteiger partial charge >= 0.3 is 5.97 Å². The number of amides is 1. The summed E-state index contributed by atoms with van der Waals surface area (Å²) in [4.78, 5) is 23.4. The van der Waals surface area contributed by atoms with E-state index in [0.29, 0.717) is 16.1 Å². The Morgan fingerprint density at radius 2 is 1.78 bits per heavy atom. The summed E-state index contributed by atoms with van der Waals surface area (Å²) in [6.07, 6.45) is 0. The Hall–Kier alpha value is -2.11. The molecule has 0 saturated carbocycles. The molecule has 0 aliphatic rings. The summed E-state index contributed by atoms with van der Waals surface area (Å²) < 4.78 is 17.9. The summed E-state index contributed by atoms with van der Waals surface area (Å²) in [7, 11) is 0. The molecule has 23 heavy (non-hydrogen) atoms. The van der Waals surface area contributed by atoms with Crippen molar-refractivity contribution in [3.8, 4) is 0 Å². The van der Waals surface area contributed by atoms with Gasteiger partial charge in [-0.2, -0.15) is 0 Å². The number of carbonyl (C=O) groups is 2. The quantitative estimate of drug-likeness (QED) is 0.833. The molecule has 4 nitrogen and oxygen atoms in total. The number of ether oxygens (including phenoxy) is 1. The fourth-order valence-corrected chi connectivity index (χ4v) is 2.05. The lowest BCUT2D eigenvalue weighted by Gasteiger charge is -2.08. The highest BCUT2D eigenvalue weighted by molar-refractivity contribution is 6.31. The number of esters is 1. The fraction of sp³-hybridized carbons (Fsp3) is 0.125. The van der Waals surface area contributed by atoms with E-state index in [0.717, 1.165) is 6.07 Å². The number of hydrogen-bond donors (Lipinski definition) is 1. The van der Waals surface area contributed by atoms with Crippen LogP contribution in [0.15, 0.2) is 42.5 Å². The van der Waals surface area contributed by atoms with Crippen molar-refractivity contribution < 1.29 is 18.7 Å². The maximum atomic E-state index is 12.9. The minimum atomic E-state index is -0.632.